The SMILES string of the molecule is CC(C)[C@H](NC(=O)C(F)(F)F)C(=O)N1C[C@H]2[C@@H]([C@H]1C(=O)N[C@@H](C[C@@H]1CC(O)NC1=O)C(=O)COc1ccc(F)cc1F)C2(C)C. The molecule has 7 atom stereocenters. The lowest BCUT2D eigenvalue weighted by molar-refractivity contribution is -0.175. The minimum Gasteiger partial charge on any atom is -0.483 e. The van der Waals surface area contributed by atoms with E-state index < -0.39 is 107 Å². The highest BCUT2D eigenvalue weighted by Gasteiger charge is 2.69. The van der Waals surface area contributed by atoms with E-state index >= 15 is 0 Å². The number of aliphatic hydroxyl groups excluding tert-OH is 1. The molecule has 1 saturated carbocycles. The normalized spacial score (nSPS) is 26.5. The zero-order chi connectivity index (χ0) is 33.6. The maximum absolute atomic E-state index is 14.1. The van der Waals surface area contributed by atoms with Crippen molar-refractivity contribution >= 4 is 29.4 Å². The Morgan fingerprint density at radius 2 is 1.82 bits per heavy atom. The van der Waals surface area contributed by atoms with E-state index in [0.29, 0.717) is 6.07 Å². The number of carbonyl (C=O) groups excluding carboxylic acids is 5. The first kappa shape index (κ1) is 34.1. The summed E-state index contributed by atoms with van der Waals surface area (Å²) in [5.41, 5.74) is -0.431. The number of alkyl halides is 3. The minimum absolute atomic E-state index is 0.0164. The van der Waals surface area contributed by atoms with Crippen molar-refractivity contribution < 1.29 is 55.8 Å². The fourth-order valence-corrected chi connectivity index (χ4v) is 6.30. The van der Waals surface area contributed by atoms with Crippen molar-refractivity contribution in [3.05, 3.63) is 29.8 Å². The number of likely N-dealkylation sites (tertiary alicyclic amines) is 1. The molecule has 45 heavy (non-hydrogen) atoms. The molecule has 11 nitrogen and oxygen atoms in total. The Morgan fingerprint density at radius 1 is 1.16 bits per heavy atom. The number of aliphatic hydroxyl groups is 1. The van der Waals surface area contributed by atoms with Crippen molar-refractivity contribution in [3.63, 3.8) is 0 Å². The first-order chi connectivity index (χ1) is 20.8. The molecule has 1 unspecified atom stereocenters. The summed E-state index contributed by atoms with van der Waals surface area (Å²) in [6, 6.07) is -1.83. The number of piperidine rings is 1. The van der Waals surface area contributed by atoms with Crippen molar-refractivity contribution in [2.75, 3.05) is 13.2 Å². The molecule has 2 heterocycles. The summed E-state index contributed by atoms with van der Waals surface area (Å²) >= 11 is 0. The maximum atomic E-state index is 14.1. The van der Waals surface area contributed by atoms with Gasteiger partial charge in [-0.3, -0.25) is 24.0 Å². The van der Waals surface area contributed by atoms with Crippen LogP contribution in [0.25, 0.3) is 0 Å². The smallest absolute Gasteiger partial charge is 0.471 e. The quantitative estimate of drug-likeness (QED) is 0.265. The predicted molar refractivity (Wildman–Crippen MR) is 145 cm³/mol. The van der Waals surface area contributed by atoms with Gasteiger partial charge in [0.15, 0.2) is 17.3 Å². The largest absolute Gasteiger partial charge is 0.483 e. The van der Waals surface area contributed by atoms with E-state index in [2.05, 4.69) is 10.6 Å². The van der Waals surface area contributed by atoms with Gasteiger partial charge in [-0.25, -0.2) is 8.78 Å². The molecule has 248 valence electrons. The Balaban J connectivity index is 1.56. The lowest BCUT2D eigenvalue weighted by Gasteiger charge is -2.35. The van der Waals surface area contributed by atoms with E-state index in [4.69, 9.17) is 4.74 Å². The second kappa shape index (κ2) is 12.5. The van der Waals surface area contributed by atoms with Crippen LogP contribution in [0.15, 0.2) is 18.2 Å². The Bertz CT molecular complexity index is 1370. The average Bonchev–Trinajstić information content (AvgIpc) is 3.22. The molecule has 0 spiro atoms. The van der Waals surface area contributed by atoms with Gasteiger partial charge in [0.2, 0.25) is 17.7 Å². The van der Waals surface area contributed by atoms with Gasteiger partial charge in [-0.05, 0) is 41.7 Å². The zero-order valence-electron chi connectivity index (χ0n) is 24.9. The van der Waals surface area contributed by atoms with Gasteiger partial charge in [-0.15, -0.1) is 0 Å². The van der Waals surface area contributed by atoms with Gasteiger partial charge in [-0.2, -0.15) is 13.2 Å². The van der Waals surface area contributed by atoms with Crippen molar-refractivity contribution in [3.8, 4) is 5.75 Å². The first-order valence-corrected chi connectivity index (χ1v) is 14.4. The molecule has 1 aromatic rings. The number of halogens is 5. The number of rotatable bonds is 11. The summed E-state index contributed by atoms with van der Waals surface area (Å²) in [5, 5.41) is 16.4. The molecule has 3 aliphatic rings. The van der Waals surface area contributed by atoms with E-state index in [1.54, 1.807) is 5.32 Å². The molecule has 16 heteroatoms. The van der Waals surface area contributed by atoms with E-state index in [-0.39, 0.29) is 25.3 Å². The fourth-order valence-electron chi connectivity index (χ4n) is 6.30. The number of hydrogen-bond donors (Lipinski definition) is 4. The van der Waals surface area contributed by atoms with Crippen molar-refractivity contribution in [1.29, 1.82) is 0 Å². The van der Waals surface area contributed by atoms with Crippen LogP contribution in [0.3, 0.4) is 0 Å². The van der Waals surface area contributed by atoms with Crippen molar-refractivity contribution in [2.24, 2.45) is 29.1 Å². The summed E-state index contributed by atoms with van der Waals surface area (Å²) in [5.74, 6) is -10.1. The van der Waals surface area contributed by atoms with Crippen LogP contribution >= 0.6 is 0 Å². The van der Waals surface area contributed by atoms with Gasteiger partial charge in [0, 0.05) is 24.9 Å². The summed E-state index contributed by atoms with van der Waals surface area (Å²) < 4.78 is 71.6. The van der Waals surface area contributed by atoms with Crippen LogP contribution in [0.4, 0.5) is 22.0 Å². The molecular formula is C29H35F5N4O7. The molecule has 1 aromatic carbocycles. The number of amides is 4. The zero-order valence-corrected chi connectivity index (χ0v) is 24.9. The second-order valence-electron chi connectivity index (χ2n) is 12.7. The molecule has 0 bridgehead atoms. The van der Waals surface area contributed by atoms with Gasteiger partial charge in [-0.1, -0.05) is 27.7 Å². The van der Waals surface area contributed by atoms with Gasteiger partial charge >= 0.3 is 12.1 Å². The number of nitrogens with one attached hydrogen (secondary N) is 3. The third-order valence-electron chi connectivity index (χ3n) is 8.91. The lowest BCUT2D eigenvalue weighted by Crippen LogP contribution is -2.59. The van der Waals surface area contributed by atoms with Crippen LogP contribution in [0.2, 0.25) is 0 Å². The van der Waals surface area contributed by atoms with E-state index in [9.17, 15) is 51.0 Å². The number of fused-ring (bicyclic) bond motifs is 1. The summed E-state index contributed by atoms with van der Waals surface area (Å²) in [6.45, 7) is 5.81. The molecule has 4 N–H and O–H groups in total. The summed E-state index contributed by atoms with van der Waals surface area (Å²) in [6.07, 6.45) is -6.80. The number of benzene rings is 1. The van der Waals surface area contributed by atoms with Gasteiger partial charge in [0.1, 0.15) is 30.7 Å². The molecule has 2 saturated heterocycles. The van der Waals surface area contributed by atoms with Crippen LogP contribution < -0.4 is 20.7 Å². The molecule has 0 radical (unpaired) electrons. The number of hydrogen-bond acceptors (Lipinski definition) is 7. The topological polar surface area (TPSA) is 154 Å². The monoisotopic (exact) mass is 646 g/mol. The molecule has 4 rings (SSSR count). The summed E-state index contributed by atoms with van der Waals surface area (Å²) in [7, 11) is 0. The highest BCUT2D eigenvalue weighted by molar-refractivity contribution is 5.97. The molecular weight excluding hydrogens is 611 g/mol. The Labute approximate surface area is 255 Å². The maximum Gasteiger partial charge on any atom is 0.471 e. The highest BCUT2D eigenvalue weighted by Crippen LogP contribution is 2.65. The van der Waals surface area contributed by atoms with Crippen LogP contribution in [-0.2, 0) is 24.0 Å². The van der Waals surface area contributed by atoms with Crippen molar-refractivity contribution in [1.82, 2.24) is 20.9 Å². The second-order valence-corrected chi connectivity index (χ2v) is 12.7. The molecule has 3 fully saturated rings. The number of Topliss-reactive ketones (excluding diaryl/α,β-unsaturated/α-hetero) is 1. The molecule has 1 aliphatic carbocycles. The van der Waals surface area contributed by atoms with E-state index in [0.717, 1.165) is 17.0 Å². The highest BCUT2D eigenvalue weighted by atomic mass is 19.4. The third kappa shape index (κ3) is 7.20. The van der Waals surface area contributed by atoms with Gasteiger partial charge < -0.3 is 30.7 Å². The Hall–Kier alpha value is -3.82. The first-order valence-electron chi connectivity index (χ1n) is 14.4. The Morgan fingerprint density at radius 3 is 2.38 bits per heavy atom. The van der Waals surface area contributed by atoms with E-state index in [1.165, 1.54) is 13.8 Å². The van der Waals surface area contributed by atoms with Crippen LogP contribution in [0.5, 0.6) is 5.75 Å². The fraction of sp³-hybridized carbons (Fsp3) is 0.621. The van der Waals surface area contributed by atoms with Crippen LogP contribution in [0, 0.1) is 40.7 Å². The van der Waals surface area contributed by atoms with Crippen molar-refractivity contribution in [2.45, 2.75) is 71.1 Å². The standard InChI is InChI=1S/C29H35F5N4O7/c1-12(2)22(37-27(44)29(32,33)34)26(43)38-10-15-21(28(15,3)4)23(38)25(42)35-17(7-13-8-20(40)36-24(13)41)18(39)11-45-19-6-5-14(30)9-16(19)31/h5-6,9,12-13,15,17,20-23,40H,7-8,10-11H2,1-4H3,(H,35,42)(H,36,41)(H,37,44)/t13-,15+,17+,20?,21+,22+,23+/m1/s1. The molecule has 4 amide bonds. The average molecular weight is 647 g/mol. The lowest BCUT2D eigenvalue weighted by atomic mass is 9.94. The van der Waals surface area contributed by atoms with E-state index in [1.807, 2.05) is 13.8 Å². The van der Waals surface area contributed by atoms with Crippen LogP contribution in [-0.4, -0.2) is 83.1 Å². The van der Waals surface area contributed by atoms with Gasteiger partial charge in [0.05, 0.1) is 6.04 Å². The predicted octanol–water partition coefficient (Wildman–Crippen LogP) is 1.43. The number of carbonyl (C=O) groups is 5. The Kier molecular flexibility index (Phi) is 9.48. The minimum atomic E-state index is -5.24. The number of ether oxygens (including phenoxy) is 1. The summed E-state index contributed by atoms with van der Waals surface area (Å²) in [4.78, 5) is 65.9. The van der Waals surface area contributed by atoms with Crippen LogP contribution in [0.1, 0.15) is 40.5 Å². The molecule has 2 aliphatic heterocycles. The third-order valence-corrected chi connectivity index (χ3v) is 8.91. The number of nitrogens with zero attached hydrogens (tertiary/aromatic N) is 1. The number of ketones is 1. The van der Waals surface area contributed by atoms with Gasteiger partial charge in [0.25, 0.3) is 0 Å². The molecule has 0 aromatic heterocycles.